The molecule has 1 aliphatic rings. The summed E-state index contributed by atoms with van der Waals surface area (Å²) >= 11 is 0. The van der Waals surface area contributed by atoms with E-state index in [0.29, 0.717) is 23.5 Å². The van der Waals surface area contributed by atoms with Crippen LogP contribution in [0.5, 0.6) is 11.5 Å². The van der Waals surface area contributed by atoms with Gasteiger partial charge in [-0.15, -0.1) is 0 Å². The fraction of sp³-hybridized carbons (Fsp3) is 0.611. The third-order valence-electron chi connectivity index (χ3n) is 4.17. The van der Waals surface area contributed by atoms with E-state index in [-0.39, 0.29) is 6.03 Å². The molecule has 0 aromatic heterocycles. The van der Waals surface area contributed by atoms with E-state index in [1.165, 1.54) is 0 Å². The van der Waals surface area contributed by atoms with Crippen molar-refractivity contribution in [2.75, 3.05) is 26.1 Å². The monoisotopic (exact) mass is 320 g/mol. The lowest BCUT2D eigenvalue weighted by molar-refractivity contribution is 0.205. The highest BCUT2D eigenvalue weighted by Gasteiger charge is 2.32. The summed E-state index contributed by atoms with van der Waals surface area (Å²) in [5.41, 5.74) is 1.72. The van der Waals surface area contributed by atoms with Crippen molar-refractivity contribution in [3.8, 4) is 11.5 Å². The smallest absolute Gasteiger partial charge is 0.322 e. The Kier molecular flexibility index (Phi) is 5.74. The van der Waals surface area contributed by atoms with Crippen LogP contribution in [0.15, 0.2) is 12.1 Å². The first-order chi connectivity index (χ1) is 11.0. The van der Waals surface area contributed by atoms with Gasteiger partial charge in [-0.3, -0.25) is 0 Å². The number of nitrogens with one attached hydrogen (secondary N) is 1. The van der Waals surface area contributed by atoms with Crippen molar-refractivity contribution >= 4 is 11.7 Å². The minimum Gasteiger partial charge on any atom is -0.493 e. The molecular weight excluding hydrogens is 292 g/mol. The lowest BCUT2D eigenvalue weighted by Gasteiger charge is -2.24. The van der Waals surface area contributed by atoms with Gasteiger partial charge >= 0.3 is 6.03 Å². The summed E-state index contributed by atoms with van der Waals surface area (Å²) in [5, 5.41) is 3.03. The SMILES string of the molecule is COc1cc(C)c(NC(=O)N(CCC(C)C)C2CC2)cc1OC. The van der Waals surface area contributed by atoms with Crippen LogP contribution in [-0.2, 0) is 0 Å². The van der Waals surface area contributed by atoms with Gasteiger partial charge in [-0.25, -0.2) is 4.79 Å². The minimum atomic E-state index is -0.0246. The van der Waals surface area contributed by atoms with Crippen molar-refractivity contribution in [1.82, 2.24) is 4.90 Å². The van der Waals surface area contributed by atoms with E-state index in [4.69, 9.17) is 9.47 Å². The van der Waals surface area contributed by atoms with Gasteiger partial charge in [0.05, 0.1) is 14.2 Å². The number of ether oxygens (including phenoxy) is 2. The van der Waals surface area contributed by atoms with Crippen LogP contribution in [0.3, 0.4) is 0 Å². The second-order valence-corrected chi connectivity index (χ2v) is 6.56. The number of urea groups is 1. The Morgan fingerprint density at radius 3 is 2.39 bits per heavy atom. The number of hydrogen-bond acceptors (Lipinski definition) is 3. The van der Waals surface area contributed by atoms with Gasteiger partial charge < -0.3 is 19.7 Å². The van der Waals surface area contributed by atoms with Crippen LogP contribution in [0.1, 0.15) is 38.7 Å². The van der Waals surface area contributed by atoms with E-state index in [0.717, 1.165) is 37.1 Å². The maximum atomic E-state index is 12.7. The Morgan fingerprint density at radius 1 is 1.26 bits per heavy atom. The minimum absolute atomic E-state index is 0.0246. The number of carbonyl (C=O) groups excluding carboxylic acids is 1. The molecule has 0 bridgehead atoms. The predicted octanol–water partition coefficient (Wildman–Crippen LogP) is 4.05. The maximum absolute atomic E-state index is 12.7. The van der Waals surface area contributed by atoms with Crippen LogP contribution in [0.2, 0.25) is 0 Å². The summed E-state index contributed by atoms with van der Waals surface area (Å²) in [7, 11) is 3.20. The maximum Gasteiger partial charge on any atom is 0.322 e. The normalized spacial score (nSPS) is 13.8. The first kappa shape index (κ1) is 17.4. The summed E-state index contributed by atoms with van der Waals surface area (Å²) in [4.78, 5) is 14.6. The molecule has 0 spiro atoms. The van der Waals surface area contributed by atoms with Gasteiger partial charge in [0.2, 0.25) is 0 Å². The van der Waals surface area contributed by atoms with Gasteiger partial charge in [0.25, 0.3) is 0 Å². The third kappa shape index (κ3) is 4.53. The molecule has 0 heterocycles. The number of anilines is 1. The quantitative estimate of drug-likeness (QED) is 0.824. The molecule has 5 nitrogen and oxygen atoms in total. The average Bonchev–Trinajstić information content (AvgIpc) is 3.33. The number of benzene rings is 1. The molecule has 2 rings (SSSR count). The van der Waals surface area contributed by atoms with Gasteiger partial charge in [0.15, 0.2) is 11.5 Å². The van der Waals surface area contributed by atoms with E-state index in [1.807, 2.05) is 24.0 Å². The fourth-order valence-electron chi connectivity index (χ4n) is 2.54. The number of aryl methyl sites for hydroxylation is 1. The van der Waals surface area contributed by atoms with Gasteiger partial charge in [0.1, 0.15) is 0 Å². The summed E-state index contributed by atoms with van der Waals surface area (Å²) in [6.07, 6.45) is 3.24. The number of methoxy groups -OCH3 is 2. The highest BCUT2D eigenvalue weighted by atomic mass is 16.5. The molecule has 0 unspecified atom stereocenters. The van der Waals surface area contributed by atoms with Crippen LogP contribution in [0, 0.1) is 12.8 Å². The van der Waals surface area contributed by atoms with Gasteiger partial charge in [-0.1, -0.05) is 13.8 Å². The summed E-state index contributed by atoms with van der Waals surface area (Å²) in [6.45, 7) is 7.12. The molecule has 1 N–H and O–H groups in total. The number of amides is 2. The van der Waals surface area contributed by atoms with Crippen molar-refractivity contribution in [2.45, 2.75) is 46.1 Å². The Morgan fingerprint density at radius 2 is 1.87 bits per heavy atom. The van der Waals surface area contributed by atoms with E-state index in [2.05, 4.69) is 19.2 Å². The average molecular weight is 320 g/mol. The Bertz CT molecular complexity index is 553. The first-order valence-electron chi connectivity index (χ1n) is 8.26. The molecule has 1 aromatic rings. The zero-order valence-corrected chi connectivity index (χ0v) is 14.8. The van der Waals surface area contributed by atoms with Crippen molar-refractivity contribution in [3.63, 3.8) is 0 Å². The molecule has 23 heavy (non-hydrogen) atoms. The van der Waals surface area contributed by atoms with E-state index in [1.54, 1.807) is 14.2 Å². The lowest BCUT2D eigenvalue weighted by Crippen LogP contribution is -2.38. The predicted molar refractivity (Wildman–Crippen MR) is 92.5 cm³/mol. The molecule has 1 aliphatic carbocycles. The topological polar surface area (TPSA) is 50.8 Å². The number of carbonyl (C=O) groups is 1. The largest absolute Gasteiger partial charge is 0.493 e. The molecule has 1 saturated carbocycles. The van der Waals surface area contributed by atoms with Crippen molar-refractivity contribution < 1.29 is 14.3 Å². The zero-order chi connectivity index (χ0) is 17.0. The molecule has 0 aliphatic heterocycles. The molecule has 1 fully saturated rings. The van der Waals surface area contributed by atoms with Gasteiger partial charge in [0, 0.05) is 24.3 Å². The Balaban J connectivity index is 2.11. The Hall–Kier alpha value is -1.91. The summed E-state index contributed by atoms with van der Waals surface area (Å²) < 4.78 is 10.6. The number of nitrogens with zero attached hydrogens (tertiary/aromatic N) is 1. The molecular formula is C18H28N2O3. The molecule has 128 valence electrons. The summed E-state index contributed by atoms with van der Waals surface area (Å²) in [6, 6.07) is 4.07. The van der Waals surface area contributed by atoms with Crippen LogP contribution >= 0.6 is 0 Å². The number of hydrogen-bond donors (Lipinski definition) is 1. The second-order valence-electron chi connectivity index (χ2n) is 6.56. The second kappa shape index (κ2) is 7.57. The third-order valence-corrected chi connectivity index (χ3v) is 4.17. The van der Waals surface area contributed by atoms with E-state index >= 15 is 0 Å². The van der Waals surface area contributed by atoms with Crippen LogP contribution in [-0.4, -0.2) is 37.7 Å². The van der Waals surface area contributed by atoms with E-state index in [9.17, 15) is 4.79 Å². The zero-order valence-electron chi connectivity index (χ0n) is 14.8. The van der Waals surface area contributed by atoms with Crippen LogP contribution in [0.4, 0.5) is 10.5 Å². The van der Waals surface area contributed by atoms with Crippen molar-refractivity contribution in [3.05, 3.63) is 17.7 Å². The van der Waals surface area contributed by atoms with E-state index < -0.39 is 0 Å². The molecule has 0 radical (unpaired) electrons. The Labute approximate surface area is 139 Å². The molecule has 0 atom stereocenters. The number of rotatable bonds is 7. The standard InChI is InChI=1S/C18H28N2O3/c1-12(2)8-9-20(14-6-7-14)18(21)19-15-11-17(23-5)16(22-4)10-13(15)3/h10-12,14H,6-9H2,1-5H3,(H,19,21). The highest BCUT2D eigenvalue weighted by molar-refractivity contribution is 5.91. The molecule has 2 amide bonds. The lowest BCUT2D eigenvalue weighted by atomic mass is 10.1. The van der Waals surface area contributed by atoms with Crippen LogP contribution < -0.4 is 14.8 Å². The highest BCUT2D eigenvalue weighted by Crippen LogP contribution is 2.34. The van der Waals surface area contributed by atoms with Crippen molar-refractivity contribution in [1.29, 1.82) is 0 Å². The summed E-state index contributed by atoms with van der Waals surface area (Å²) in [5.74, 6) is 1.88. The fourth-order valence-corrected chi connectivity index (χ4v) is 2.54. The molecule has 1 aromatic carbocycles. The first-order valence-corrected chi connectivity index (χ1v) is 8.26. The van der Waals surface area contributed by atoms with Gasteiger partial charge in [-0.2, -0.15) is 0 Å². The molecule has 5 heteroatoms. The van der Waals surface area contributed by atoms with Crippen molar-refractivity contribution in [2.24, 2.45) is 5.92 Å². The van der Waals surface area contributed by atoms with Gasteiger partial charge in [-0.05, 0) is 43.7 Å². The van der Waals surface area contributed by atoms with Crippen LogP contribution in [0.25, 0.3) is 0 Å². The molecule has 0 saturated heterocycles.